The minimum atomic E-state index is -0.00287. The molecule has 2 aromatic heterocycles. The second-order valence-corrected chi connectivity index (χ2v) is 5.80. The Morgan fingerprint density at radius 2 is 2.27 bits per heavy atom. The first-order chi connectivity index (χ1) is 10.6. The minimum absolute atomic E-state index is 0.00287. The van der Waals surface area contributed by atoms with E-state index in [4.69, 9.17) is 4.74 Å². The van der Waals surface area contributed by atoms with Crippen LogP contribution in [-0.4, -0.2) is 51.2 Å². The fourth-order valence-corrected chi connectivity index (χ4v) is 3.09. The molecule has 2 aromatic rings. The van der Waals surface area contributed by atoms with Crippen molar-refractivity contribution in [1.82, 2.24) is 19.5 Å². The summed E-state index contributed by atoms with van der Waals surface area (Å²) in [6, 6.07) is 1.96. The van der Waals surface area contributed by atoms with E-state index in [9.17, 15) is 4.79 Å². The molecule has 0 saturated carbocycles. The van der Waals surface area contributed by atoms with Gasteiger partial charge >= 0.3 is 0 Å². The van der Waals surface area contributed by atoms with E-state index >= 15 is 0 Å². The first kappa shape index (κ1) is 15.0. The van der Waals surface area contributed by atoms with E-state index in [2.05, 4.69) is 10.1 Å². The molecule has 118 valence electrons. The van der Waals surface area contributed by atoms with Crippen LogP contribution in [0.1, 0.15) is 41.5 Å². The molecule has 0 radical (unpaired) electrons. The number of rotatable bonds is 3. The second-order valence-electron chi connectivity index (χ2n) is 5.80. The van der Waals surface area contributed by atoms with Crippen LogP contribution < -0.4 is 0 Å². The van der Waals surface area contributed by atoms with E-state index < -0.39 is 0 Å². The second kappa shape index (κ2) is 6.04. The van der Waals surface area contributed by atoms with E-state index in [-0.39, 0.29) is 12.0 Å². The van der Waals surface area contributed by atoms with Gasteiger partial charge in [-0.25, -0.2) is 9.50 Å². The molecule has 22 heavy (non-hydrogen) atoms. The number of fused-ring (bicyclic) bond motifs is 1. The van der Waals surface area contributed by atoms with Gasteiger partial charge in [-0.1, -0.05) is 0 Å². The zero-order valence-corrected chi connectivity index (χ0v) is 13.4. The zero-order chi connectivity index (χ0) is 15.7. The van der Waals surface area contributed by atoms with Gasteiger partial charge in [0, 0.05) is 31.1 Å². The summed E-state index contributed by atoms with van der Waals surface area (Å²) in [4.78, 5) is 19.2. The third-order valence-corrected chi connectivity index (χ3v) is 4.08. The number of piperidine rings is 1. The number of amides is 1. The molecule has 0 unspecified atom stereocenters. The van der Waals surface area contributed by atoms with Crippen molar-refractivity contribution in [2.75, 3.05) is 19.7 Å². The molecule has 1 aliphatic heterocycles. The summed E-state index contributed by atoms with van der Waals surface area (Å²) in [6.45, 7) is 7.99. The Hall–Kier alpha value is -1.95. The molecule has 3 heterocycles. The molecule has 0 bridgehead atoms. The maximum Gasteiger partial charge on any atom is 0.259 e. The highest BCUT2D eigenvalue weighted by Gasteiger charge is 2.27. The first-order valence-electron chi connectivity index (χ1n) is 7.83. The average Bonchev–Trinajstić information content (AvgIpc) is 2.91. The van der Waals surface area contributed by atoms with Crippen molar-refractivity contribution >= 4 is 11.6 Å². The van der Waals surface area contributed by atoms with Gasteiger partial charge < -0.3 is 9.64 Å². The third kappa shape index (κ3) is 2.70. The van der Waals surface area contributed by atoms with Crippen molar-refractivity contribution in [3.63, 3.8) is 0 Å². The topological polar surface area (TPSA) is 59.7 Å². The molecule has 1 atom stereocenters. The Balaban J connectivity index is 1.89. The summed E-state index contributed by atoms with van der Waals surface area (Å²) < 4.78 is 7.40. The van der Waals surface area contributed by atoms with Gasteiger partial charge in [0.2, 0.25) is 0 Å². The Kier molecular flexibility index (Phi) is 4.11. The molecule has 6 heteroatoms. The SMILES string of the molecule is CCO[C@@H]1CCCN(C(=O)c2cnn3c(C)cc(C)nc23)C1. The van der Waals surface area contributed by atoms with Crippen LogP contribution in [0.4, 0.5) is 0 Å². The molecule has 0 N–H and O–H groups in total. The van der Waals surface area contributed by atoms with Crippen LogP contribution in [-0.2, 0) is 4.74 Å². The Morgan fingerprint density at radius 1 is 1.45 bits per heavy atom. The maximum absolute atomic E-state index is 12.8. The van der Waals surface area contributed by atoms with Crippen molar-refractivity contribution in [2.45, 2.75) is 39.7 Å². The standard InChI is InChI=1S/C16H22N4O2/c1-4-22-13-6-5-7-19(10-13)16(21)14-9-17-20-12(3)8-11(2)18-15(14)20/h8-9,13H,4-7,10H2,1-3H3/t13-/m1/s1. The van der Waals surface area contributed by atoms with Gasteiger partial charge in [0.05, 0.1) is 12.3 Å². The number of likely N-dealkylation sites (tertiary alicyclic amines) is 1. The lowest BCUT2D eigenvalue weighted by Gasteiger charge is -2.32. The maximum atomic E-state index is 12.8. The van der Waals surface area contributed by atoms with Crippen LogP contribution in [0.2, 0.25) is 0 Å². The molecular formula is C16H22N4O2. The monoisotopic (exact) mass is 302 g/mol. The van der Waals surface area contributed by atoms with Gasteiger partial charge in [0.25, 0.3) is 5.91 Å². The van der Waals surface area contributed by atoms with Crippen molar-refractivity contribution < 1.29 is 9.53 Å². The van der Waals surface area contributed by atoms with E-state index in [0.717, 1.165) is 30.8 Å². The van der Waals surface area contributed by atoms with E-state index in [1.54, 1.807) is 10.7 Å². The highest BCUT2D eigenvalue weighted by atomic mass is 16.5. The van der Waals surface area contributed by atoms with Crippen LogP contribution in [0.5, 0.6) is 0 Å². The van der Waals surface area contributed by atoms with Crippen LogP contribution >= 0.6 is 0 Å². The molecule has 6 nitrogen and oxygen atoms in total. The number of ether oxygens (including phenoxy) is 1. The number of carbonyl (C=O) groups is 1. The fourth-order valence-electron chi connectivity index (χ4n) is 3.09. The summed E-state index contributed by atoms with van der Waals surface area (Å²) in [7, 11) is 0. The normalized spacial score (nSPS) is 18.9. The Labute approximate surface area is 130 Å². The van der Waals surface area contributed by atoms with Crippen molar-refractivity contribution in [1.29, 1.82) is 0 Å². The first-order valence-corrected chi connectivity index (χ1v) is 7.83. The minimum Gasteiger partial charge on any atom is -0.377 e. The predicted molar refractivity (Wildman–Crippen MR) is 83.0 cm³/mol. The smallest absolute Gasteiger partial charge is 0.259 e. The molecule has 1 fully saturated rings. The summed E-state index contributed by atoms with van der Waals surface area (Å²) in [5.74, 6) is -0.00287. The van der Waals surface area contributed by atoms with Gasteiger partial charge in [-0.2, -0.15) is 5.10 Å². The van der Waals surface area contributed by atoms with Gasteiger partial charge in [0.1, 0.15) is 5.56 Å². The predicted octanol–water partition coefficient (Wildman–Crippen LogP) is 1.99. The third-order valence-electron chi connectivity index (χ3n) is 4.08. The number of hydrogen-bond acceptors (Lipinski definition) is 4. The van der Waals surface area contributed by atoms with Crippen LogP contribution in [0.15, 0.2) is 12.3 Å². The van der Waals surface area contributed by atoms with Gasteiger partial charge in [-0.3, -0.25) is 4.79 Å². The molecule has 0 aromatic carbocycles. The molecule has 1 saturated heterocycles. The summed E-state index contributed by atoms with van der Waals surface area (Å²) in [5.41, 5.74) is 3.09. The number of aryl methyl sites for hydroxylation is 2. The summed E-state index contributed by atoms with van der Waals surface area (Å²) >= 11 is 0. The van der Waals surface area contributed by atoms with Crippen LogP contribution in [0, 0.1) is 13.8 Å². The molecule has 1 aliphatic rings. The van der Waals surface area contributed by atoms with Crippen LogP contribution in [0.3, 0.4) is 0 Å². The van der Waals surface area contributed by atoms with Crippen molar-refractivity contribution in [3.05, 3.63) is 29.2 Å². The van der Waals surface area contributed by atoms with Gasteiger partial charge in [-0.05, 0) is 39.7 Å². The summed E-state index contributed by atoms with van der Waals surface area (Å²) in [5, 5.41) is 4.31. The lowest BCUT2D eigenvalue weighted by Crippen LogP contribution is -2.43. The number of carbonyl (C=O) groups excluding carboxylic acids is 1. The van der Waals surface area contributed by atoms with Crippen LogP contribution in [0.25, 0.3) is 5.65 Å². The highest BCUT2D eigenvalue weighted by Crippen LogP contribution is 2.19. The number of hydrogen-bond donors (Lipinski definition) is 0. The molecular weight excluding hydrogens is 280 g/mol. The lowest BCUT2D eigenvalue weighted by atomic mass is 10.1. The molecule has 0 spiro atoms. The Morgan fingerprint density at radius 3 is 3.05 bits per heavy atom. The quantitative estimate of drug-likeness (QED) is 0.870. The zero-order valence-electron chi connectivity index (χ0n) is 13.4. The molecule has 1 amide bonds. The van der Waals surface area contributed by atoms with Crippen molar-refractivity contribution in [2.24, 2.45) is 0 Å². The van der Waals surface area contributed by atoms with E-state index in [0.29, 0.717) is 24.4 Å². The van der Waals surface area contributed by atoms with Crippen molar-refractivity contribution in [3.8, 4) is 0 Å². The number of aromatic nitrogens is 3. The molecule has 3 rings (SSSR count). The van der Waals surface area contributed by atoms with E-state index in [1.807, 2.05) is 31.7 Å². The average molecular weight is 302 g/mol. The van der Waals surface area contributed by atoms with Gasteiger partial charge in [0.15, 0.2) is 5.65 Å². The number of nitrogens with zero attached hydrogens (tertiary/aromatic N) is 4. The van der Waals surface area contributed by atoms with E-state index in [1.165, 1.54) is 0 Å². The molecule has 0 aliphatic carbocycles. The highest BCUT2D eigenvalue weighted by molar-refractivity contribution is 5.99. The largest absolute Gasteiger partial charge is 0.377 e. The summed E-state index contributed by atoms with van der Waals surface area (Å²) in [6.07, 6.45) is 3.76. The van der Waals surface area contributed by atoms with Gasteiger partial charge in [-0.15, -0.1) is 0 Å². The lowest BCUT2D eigenvalue weighted by molar-refractivity contribution is 0.00730. The fraction of sp³-hybridized carbons (Fsp3) is 0.562. The Bertz CT molecular complexity index is 693.